The van der Waals surface area contributed by atoms with E-state index >= 15 is 4.39 Å². The molecule has 2 N–H and O–H groups in total. The number of rotatable bonds is 8. The van der Waals surface area contributed by atoms with E-state index in [9.17, 15) is 9.90 Å². The van der Waals surface area contributed by atoms with Crippen LogP contribution in [0.5, 0.6) is 0 Å². The predicted molar refractivity (Wildman–Crippen MR) is 167 cm³/mol. The molecular weight excluding hydrogens is 543 g/mol. The number of anilines is 2. The molecule has 0 spiro atoms. The van der Waals surface area contributed by atoms with E-state index in [1.807, 2.05) is 42.5 Å². The monoisotopic (exact) mass is 582 g/mol. The molecule has 1 aliphatic carbocycles. The third-order valence-corrected chi connectivity index (χ3v) is 9.34. The van der Waals surface area contributed by atoms with E-state index in [1.54, 1.807) is 6.20 Å². The SMILES string of the molecule is Cc1cc(CC2[C@@H](NCc3cn(C4CC4)c4cc(N5CC[C@@H](O)C5)c(F)cc4c3=O)CCCN2c2cccnc2)ccn1. The first-order valence-electron chi connectivity index (χ1n) is 15.6. The van der Waals surface area contributed by atoms with Crippen molar-refractivity contribution in [2.24, 2.45) is 0 Å². The first kappa shape index (κ1) is 28.0. The molecule has 0 amide bonds. The zero-order chi connectivity index (χ0) is 29.5. The second-order valence-corrected chi connectivity index (χ2v) is 12.4. The molecule has 4 aromatic rings. The van der Waals surface area contributed by atoms with Gasteiger partial charge in [0, 0.05) is 79.5 Å². The predicted octanol–water partition coefficient (Wildman–Crippen LogP) is 4.51. The Morgan fingerprint density at radius 2 is 1.98 bits per heavy atom. The van der Waals surface area contributed by atoms with Crippen LogP contribution >= 0.6 is 0 Å². The number of β-amino-alcohol motifs (C(OH)–C–C–N with tert-alkyl or cyclic N) is 1. The molecule has 0 bridgehead atoms. The molecule has 1 aromatic carbocycles. The number of nitrogens with zero attached hydrogens (tertiary/aromatic N) is 5. The summed E-state index contributed by atoms with van der Waals surface area (Å²) in [6, 6.07) is 12.2. The largest absolute Gasteiger partial charge is 0.391 e. The Morgan fingerprint density at radius 1 is 1.09 bits per heavy atom. The van der Waals surface area contributed by atoms with Gasteiger partial charge in [-0.2, -0.15) is 0 Å². The lowest BCUT2D eigenvalue weighted by atomic mass is 9.90. The average Bonchev–Trinajstić information content (AvgIpc) is 3.77. The molecule has 0 radical (unpaired) electrons. The number of piperidine rings is 1. The van der Waals surface area contributed by atoms with Gasteiger partial charge in [-0.25, -0.2) is 4.39 Å². The van der Waals surface area contributed by atoms with Crippen LogP contribution in [0, 0.1) is 12.7 Å². The standard InChI is InChI=1S/C34H39FN6O2/c1-22-14-23(8-11-37-22)15-33-30(5-3-12-40(33)26-4-2-10-36-19-26)38-18-24-20-41(25-6-7-25)31-17-32(39-13-9-27(42)21-39)29(35)16-28(31)34(24)43/h2,4,8,10-11,14,16-17,19-20,25,27,30,33,38,42H,3,5-7,9,12-13,15,18,21H2,1H3/t27-,30+,33?/m1/s1. The number of aliphatic hydroxyl groups is 1. The number of fused-ring (bicyclic) bond motifs is 1. The zero-order valence-electron chi connectivity index (χ0n) is 24.6. The van der Waals surface area contributed by atoms with Crippen LogP contribution in [0.4, 0.5) is 15.8 Å². The van der Waals surface area contributed by atoms with E-state index in [2.05, 4.69) is 43.0 Å². The quantitative estimate of drug-likeness (QED) is 0.316. The fraction of sp³-hybridized carbons (Fsp3) is 0.441. The molecule has 9 heteroatoms. The number of benzene rings is 1. The van der Waals surface area contributed by atoms with E-state index in [-0.39, 0.29) is 17.5 Å². The molecule has 43 heavy (non-hydrogen) atoms. The Labute approximate surface area is 251 Å². The molecule has 3 fully saturated rings. The minimum absolute atomic E-state index is 0.118. The van der Waals surface area contributed by atoms with Gasteiger partial charge in [0.25, 0.3) is 0 Å². The summed E-state index contributed by atoms with van der Waals surface area (Å²) < 4.78 is 17.6. The van der Waals surface area contributed by atoms with Crippen molar-refractivity contribution in [2.45, 2.75) is 76.2 Å². The van der Waals surface area contributed by atoms with Crippen molar-refractivity contribution in [3.8, 4) is 0 Å². The molecule has 3 atom stereocenters. The second kappa shape index (κ2) is 11.7. The summed E-state index contributed by atoms with van der Waals surface area (Å²) in [4.78, 5) is 26.9. The van der Waals surface area contributed by atoms with Crippen molar-refractivity contribution in [1.82, 2.24) is 19.9 Å². The van der Waals surface area contributed by atoms with Crippen LogP contribution in [0.25, 0.3) is 10.9 Å². The van der Waals surface area contributed by atoms with E-state index in [0.717, 1.165) is 55.5 Å². The van der Waals surface area contributed by atoms with Crippen LogP contribution in [0.3, 0.4) is 0 Å². The number of hydrogen-bond acceptors (Lipinski definition) is 7. The van der Waals surface area contributed by atoms with Gasteiger partial charge in [0.15, 0.2) is 5.43 Å². The van der Waals surface area contributed by atoms with Gasteiger partial charge < -0.3 is 24.8 Å². The summed E-state index contributed by atoms with van der Waals surface area (Å²) in [7, 11) is 0. The molecule has 7 rings (SSSR count). The number of pyridine rings is 3. The van der Waals surface area contributed by atoms with Gasteiger partial charge in [-0.1, -0.05) is 0 Å². The summed E-state index contributed by atoms with van der Waals surface area (Å²) >= 11 is 0. The van der Waals surface area contributed by atoms with Crippen molar-refractivity contribution in [3.63, 3.8) is 0 Å². The highest BCUT2D eigenvalue weighted by molar-refractivity contribution is 5.84. The fourth-order valence-corrected chi connectivity index (χ4v) is 7.00. The van der Waals surface area contributed by atoms with E-state index in [4.69, 9.17) is 0 Å². The molecule has 3 aromatic heterocycles. The van der Waals surface area contributed by atoms with Crippen LogP contribution in [0.1, 0.15) is 55.0 Å². The summed E-state index contributed by atoms with van der Waals surface area (Å²) in [5.41, 5.74) is 5.13. The zero-order valence-corrected chi connectivity index (χ0v) is 24.6. The fourth-order valence-electron chi connectivity index (χ4n) is 7.00. The lowest BCUT2D eigenvalue weighted by Gasteiger charge is -2.43. The highest BCUT2D eigenvalue weighted by Gasteiger charge is 2.33. The number of halogens is 1. The molecular formula is C34H39FN6O2. The van der Waals surface area contributed by atoms with Crippen LogP contribution in [-0.4, -0.2) is 57.5 Å². The van der Waals surface area contributed by atoms with Gasteiger partial charge in [0.1, 0.15) is 5.82 Å². The van der Waals surface area contributed by atoms with Gasteiger partial charge in [-0.15, -0.1) is 0 Å². The van der Waals surface area contributed by atoms with Gasteiger partial charge in [0.2, 0.25) is 0 Å². The van der Waals surface area contributed by atoms with Crippen molar-refractivity contribution in [1.29, 1.82) is 0 Å². The normalized spacial score (nSPS) is 22.4. The average molecular weight is 583 g/mol. The summed E-state index contributed by atoms with van der Waals surface area (Å²) in [6.07, 6.45) is 12.7. The van der Waals surface area contributed by atoms with Gasteiger partial charge in [-0.3, -0.25) is 14.8 Å². The van der Waals surface area contributed by atoms with E-state index < -0.39 is 11.9 Å². The molecule has 5 heterocycles. The maximum absolute atomic E-state index is 15.4. The van der Waals surface area contributed by atoms with Crippen LogP contribution < -0.4 is 20.5 Å². The molecule has 1 unspecified atom stereocenters. The first-order valence-corrected chi connectivity index (χ1v) is 15.6. The number of aromatic nitrogens is 3. The maximum atomic E-state index is 15.4. The number of nitrogens with one attached hydrogen (secondary N) is 1. The lowest BCUT2D eigenvalue weighted by Crippen LogP contribution is -2.55. The third kappa shape index (κ3) is 5.76. The Kier molecular flexibility index (Phi) is 7.61. The Bertz CT molecular complexity index is 1670. The molecule has 3 aliphatic rings. The van der Waals surface area contributed by atoms with Gasteiger partial charge in [-0.05, 0) is 87.4 Å². The van der Waals surface area contributed by atoms with E-state index in [1.165, 1.54) is 11.6 Å². The van der Waals surface area contributed by atoms with Crippen molar-refractivity contribution in [2.75, 3.05) is 29.4 Å². The Balaban J connectivity index is 1.20. The van der Waals surface area contributed by atoms with Gasteiger partial charge >= 0.3 is 0 Å². The molecule has 224 valence electrons. The van der Waals surface area contributed by atoms with Gasteiger partial charge in [0.05, 0.1) is 29.2 Å². The van der Waals surface area contributed by atoms with Crippen LogP contribution in [-0.2, 0) is 13.0 Å². The smallest absolute Gasteiger partial charge is 0.193 e. The van der Waals surface area contributed by atoms with Crippen LogP contribution in [0.15, 0.2) is 66.0 Å². The summed E-state index contributed by atoms with van der Waals surface area (Å²) in [5.74, 6) is -0.404. The summed E-state index contributed by atoms with van der Waals surface area (Å²) in [6.45, 7) is 4.40. The number of aryl methyl sites for hydroxylation is 1. The van der Waals surface area contributed by atoms with E-state index in [0.29, 0.717) is 48.7 Å². The van der Waals surface area contributed by atoms with Crippen LogP contribution in [0.2, 0.25) is 0 Å². The summed E-state index contributed by atoms with van der Waals surface area (Å²) in [5, 5.41) is 14.2. The van der Waals surface area contributed by atoms with Crippen molar-refractivity contribution >= 4 is 22.3 Å². The molecule has 2 aliphatic heterocycles. The molecule has 1 saturated carbocycles. The van der Waals surface area contributed by atoms with Crippen molar-refractivity contribution in [3.05, 3.63) is 94.0 Å². The lowest BCUT2D eigenvalue weighted by molar-refractivity contribution is 0.198. The Hall–Kier alpha value is -3.82. The number of aliphatic hydroxyl groups excluding tert-OH is 1. The maximum Gasteiger partial charge on any atom is 0.193 e. The second-order valence-electron chi connectivity index (χ2n) is 12.4. The topological polar surface area (TPSA) is 86.5 Å². The minimum atomic E-state index is -0.450. The first-order chi connectivity index (χ1) is 20.9. The third-order valence-electron chi connectivity index (χ3n) is 9.34. The van der Waals surface area contributed by atoms with Crippen molar-refractivity contribution < 1.29 is 9.50 Å². The number of hydrogen-bond donors (Lipinski definition) is 2. The highest BCUT2D eigenvalue weighted by atomic mass is 19.1. The molecule has 8 nitrogen and oxygen atoms in total. The highest BCUT2D eigenvalue weighted by Crippen LogP contribution is 2.38. The minimum Gasteiger partial charge on any atom is -0.391 e. The Morgan fingerprint density at radius 3 is 2.72 bits per heavy atom. The molecule has 2 saturated heterocycles.